The van der Waals surface area contributed by atoms with Crippen molar-refractivity contribution < 1.29 is 19.4 Å². The van der Waals surface area contributed by atoms with Crippen molar-refractivity contribution in [3.8, 4) is 5.75 Å². The Balaban J connectivity index is 2.61. The van der Waals surface area contributed by atoms with Crippen LogP contribution in [-0.4, -0.2) is 37.4 Å². The molecule has 0 fully saturated rings. The first kappa shape index (κ1) is 17.9. The van der Waals surface area contributed by atoms with Crippen LogP contribution in [0.3, 0.4) is 0 Å². The van der Waals surface area contributed by atoms with Gasteiger partial charge >= 0.3 is 0 Å². The van der Waals surface area contributed by atoms with Crippen molar-refractivity contribution in [1.29, 1.82) is 0 Å². The molecule has 0 saturated heterocycles. The molecule has 118 valence electrons. The zero-order valence-electron chi connectivity index (χ0n) is 12.6. The van der Waals surface area contributed by atoms with Crippen LogP contribution in [0.15, 0.2) is 22.7 Å². The summed E-state index contributed by atoms with van der Waals surface area (Å²) in [4.78, 5) is 11.9. The van der Waals surface area contributed by atoms with E-state index in [9.17, 15) is 9.90 Å². The quantitative estimate of drug-likeness (QED) is 0.699. The number of methoxy groups -OCH3 is 1. The minimum absolute atomic E-state index is 0.189. The molecule has 0 spiro atoms. The van der Waals surface area contributed by atoms with Gasteiger partial charge in [0.25, 0.3) is 5.91 Å². The van der Waals surface area contributed by atoms with Crippen molar-refractivity contribution in [3.63, 3.8) is 0 Å². The second-order valence-electron chi connectivity index (χ2n) is 4.76. The second-order valence-corrected chi connectivity index (χ2v) is 5.67. The number of amides is 1. The lowest BCUT2D eigenvalue weighted by molar-refractivity contribution is -0.127. The maximum atomic E-state index is 11.9. The summed E-state index contributed by atoms with van der Waals surface area (Å²) in [5.41, 5.74) is 0.642. The minimum atomic E-state index is -0.672. The van der Waals surface area contributed by atoms with Gasteiger partial charge in [-0.3, -0.25) is 4.79 Å². The van der Waals surface area contributed by atoms with Crippen LogP contribution in [0.25, 0.3) is 0 Å². The van der Waals surface area contributed by atoms with Crippen molar-refractivity contribution in [3.05, 3.63) is 28.2 Å². The highest BCUT2D eigenvalue weighted by molar-refractivity contribution is 9.10. The number of aliphatic hydroxyl groups is 1. The SMILES string of the molecule is COCCCNC(=O)C(C)Oc1ccc(Br)cc1[C@@H](C)O. The van der Waals surface area contributed by atoms with Crippen LogP contribution in [0.5, 0.6) is 5.75 Å². The molecule has 0 radical (unpaired) electrons. The number of nitrogens with one attached hydrogen (secondary N) is 1. The smallest absolute Gasteiger partial charge is 0.260 e. The lowest BCUT2D eigenvalue weighted by Crippen LogP contribution is -2.37. The van der Waals surface area contributed by atoms with Crippen molar-refractivity contribution >= 4 is 21.8 Å². The van der Waals surface area contributed by atoms with E-state index >= 15 is 0 Å². The summed E-state index contributed by atoms with van der Waals surface area (Å²) >= 11 is 3.35. The molecule has 6 heteroatoms. The third kappa shape index (κ3) is 6.03. The van der Waals surface area contributed by atoms with Gasteiger partial charge in [0.2, 0.25) is 0 Å². The van der Waals surface area contributed by atoms with E-state index < -0.39 is 12.2 Å². The van der Waals surface area contributed by atoms with E-state index in [0.29, 0.717) is 24.5 Å². The van der Waals surface area contributed by atoms with Gasteiger partial charge < -0.3 is 19.9 Å². The number of benzene rings is 1. The lowest BCUT2D eigenvalue weighted by atomic mass is 10.1. The minimum Gasteiger partial charge on any atom is -0.481 e. The predicted molar refractivity (Wildman–Crippen MR) is 84.4 cm³/mol. The van der Waals surface area contributed by atoms with Gasteiger partial charge in [0.15, 0.2) is 6.10 Å². The van der Waals surface area contributed by atoms with Gasteiger partial charge in [0.1, 0.15) is 5.75 Å². The Morgan fingerprint density at radius 2 is 2.14 bits per heavy atom. The van der Waals surface area contributed by atoms with Gasteiger partial charge in [0, 0.05) is 30.3 Å². The molecule has 0 aliphatic carbocycles. The molecule has 0 bridgehead atoms. The first-order chi connectivity index (χ1) is 9.95. The molecule has 0 aliphatic heterocycles. The Labute approximate surface area is 133 Å². The van der Waals surface area contributed by atoms with E-state index in [2.05, 4.69) is 21.2 Å². The summed E-state index contributed by atoms with van der Waals surface area (Å²) in [7, 11) is 1.62. The summed E-state index contributed by atoms with van der Waals surface area (Å²) < 4.78 is 11.4. The van der Waals surface area contributed by atoms with Gasteiger partial charge in [-0.25, -0.2) is 0 Å². The van der Waals surface area contributed by atoms with Crippen LogP contribution in [0.4, 0.5) is 0 Å². The molecule has 1 unspecified atom stereocenters. The van der Waals surface area contributed by atoms with Gasteiger partial charge in [0.05, 0.1) is 6.10 Å². The number of ether oxygens (including phenoxy) is 2. The summed E-state index contributed by atoms with van der Waals surface area (Å²) in [6.07, 6.45) is -0.549. The van der Waals surface area contributed by atoms with Gasteiger partial charge in [-0.1, -0.05) is 15.9 Å². The van der Waals surface area contributed by atoms with E-state index in [1.807, 2.05) is 6.07 Å². The summed E-state index contributed by atoms with van der Waals surface area (Å²) in [6, 6.07) is 5.33. The van der Waals surface area contributed by atoms with Gasteiger partial charge in [-0.2, -0.15) is 0 Å². The van der Waals surface area contributed by atoms with E-state index in [-0.39, 0.29) is 5.91 Å². The van der Waals surface area contributed by atoms with Crippen LogP contribution in [0, 0.1) is 0 Å². The van der Waals surface area contributed by atoms with E-state index in [4.69, 9.17) is 9.47 Å². The Kier molecular flexibility index (Phi) is 7.71. The first-order valence-electron chi connectivity index (χ1n) is 6.86. The fourth-order valence-corrected chi connectivity index (χ4v) is 2.15. The molecule has 2 N–H and O–H groups in total. The number of halogens is 1. The lowest BCUT2D eigenvalue weighted by Gasteiger charge is -2.18. The number of aliphatic hydroxyl groups excluding tert-OH is 1. The van der Waals surface area contributed by atoms with Gasteiger partial charge in [-0.05, 0) is 38.5 Å². The summed E-state index contributed by atoms with van der Waals surface area (Å²) in [6.45, 7) is 4.49. The van der Waals surface area contributed by atoms with Crippen LogP contribution < -0.4 is 10.1 Å². The van der Waals surface area contributed by atoms with Crippen molar-refractivity contribution in [2.45, 2.75) is 32.5 Å². The zero-order chi connectivity index (χ0) is 15.8. The summed E-state index contributed by atoms with van der Waals surface area (Å²) in [5, 5.41) is 12.5. The molecule has 2 atom stereocenters. The fraction of sp³-hybridized carbons (Fsp3) is 0.533. The first-order valence-corrected chi connectivity index (χ1v) is 7.65. The van der Waals surface area contributed by atoms with E-state index in [0.717, 1.165) is 10.9 Å². The molecular weight excluding hydrogens is 338 g/mol. The third-order valence-corrected chi connectivity index (χ3v) is 3.41. The summed E-state index contributed by atoms with van der Waals surface area (Å²) in [5.74, 6) is 0.318. The molecular formula is C15H22BrNO4. The molecule has 0 heterocycles. The van der Waals surface area contributed by atoms with Crippen LogP contribution in [-0.2, 0) is 9.53 Å². The number of carbonyl (C=O) groups excluding carboxylic acids is 1. The predicted octanol–water partition coefficient (Wildman–Crippen LogP) is 2.42. The number of carbonyl (C=O) groups is 1. The maximum Gasteiger partial charge on any atom is 0.260 e. The van der Waals surface area contributed by atoms with E-state index in [1.165, 1.54) is 0 Å². The normalized spacial score (nSPS) is 13.6. The van der Waals surface area contributed by atoms with Crippen LogP contribution in [0.1, 0.15) is 31.9 Å². The monoisotopic (exact) mass is 359 g/mol. The molecule has 0 saturated carbocycles. The maximum absolute atomic E-state index is 11.9. The molecule has 21 heavy (non-hydrogen) atoms. The number of rotatable bonds is 8. The van der Waals surface area contributed by atoms with Crippen molar-refractivity contribution in [2.75, 3.05) is 20.3 Å². The highest BCUT2D eigenvalue weighted by Gasteiger charge is 2.17. The third-order valence-electron chi connectivity index (χ3n) is 2.92. The molecule has 1 aromatic rings. The topological polar surface area (TPSA) is 67.8 Å². The zero-order valence-corrected chi connectivity index (χ0v) is 14.1. The van der Waals surface area contributed by atoms with Crippen LogP contribution in [0.2, 0.25) is 0 Å². The average molecular weight is 360 g/mol. The van der Waals surface area contributed by atoms with Crippen molar-refractivity contribution in [2.24, 2.45) is 0 Å². The van der Waals surface area contributed by atoms with Gasteiger partial charge in [-0.15, -0.1) is 0 Å². The molecule has 1 rings (SSSR count). The Morgan fingerprint density at radius 3 is 2.76 bits per heavy atom. The largest absolute Gasteiger partial charge is 0.481 e. The van der Waals surface area contributed by atoms with Crippen molar-refractivity contribution in [1.82, 2.24) is 5.32 Å². The number of hydrogen-bond acceptors (Lipinski definition) is 4. The molecule has 0 aliphatic rings. The Bertz CT molecular complexity index is 465. The highest BCUT2D eigenvalue weighted by atomic mass is 79.9. The molecule has 5 nitrogen and oxygen atoms in total. The molecule has 1 aromatic carbocycles. The van der Waals surface area contributed by atoms with Crippen LogP contribution >= 0.6 is 15.9 Å². The number of hydrogen-bond donors (Lipinski definition) is 2. The molecule has 0 aromatic heterocycles. The Morgan fingerprint density at radius 1 is 1.43 bits per heavy atom. The van der Waals surface area contributed by atoms with E-state index in [1.54, 1.807) is 33.1 Å². The standard InChI is InChI=1S/C15H22BrNO4/c1-10(18)13-9-12(16)5-6-14(13)21-11(2)15(19)17-7-4-8-20-3/h5-6,9-11,18H,4,7-8H2,1-3H3,(H,17,19)/t10-,11?/m1/s1. The Hall–Kier alpha value is -1.11. The molecule has 1 amide bonds. The average Bonchev–Trinajstić information content (AvgIpc) is 2.44. The highest BCUT2D eigenvalue weighted by Crippen LogP contribution is 2.29. The second kappa shape index (κ2) is 9.02. The fourth-order valence-electron chi connectivity index (χ4n) is 1.77.